The minimum atomic E-state index is -0.130. The molecule has 1 aromatic heterocycles. The van der Waals surface area contributed by atoms with Gasteiger partial charge in [-0.1, -0.05) is 0 Å². The van der Waals surface area contributed by atoms with Crippen LogP contribution in [0, 0.1) is 0 Å². The number of nitrogens with zero attached hydrogens (tertiary/aromatic N) is 1. The molecule has 16 heavy (non-hydrogen) atoms. The lowest BCUT2D eigenvalue weighted by molar-refractivity contribution is -0.0164. The van der Waals surface area contributed by atoms with Gasteiger partial charge >= 0.3 is 0 Å². The first-order valence-electron chi connectivity index (χ1n) is 5.43. The fourth-order valence-electron chi connectivity index (χ4n) is 1.21. The number of hydrogen-bond acceptors (Lipinski definition) is 4. The van der Waals surface area contributed by atoms with Crippen molar-refractivity contribution in [2.75, 3.05) is 13.2 Å². The summed E-state index contributed by atoms with van der Waals surface area (Å²) in [6.07, 6.45) is 1.71. The first-order valence-corrected chi connectivity index (χ1v) is 5.43. The summed E-state index contributed by atoms with van der Waals surface area (Å²) in [7, 11) is 0. The molecule has 2 N–H and O–H groups in total. The second-order valence-corrected chi connectivity index (χ2v) is 4.46. The fourth-order valence-corrected chi connectivity index (χ4v) is 1.21. The normalized spacial score (nSPS) is 11.5. The van der Waals surface area contributed by atoms with Crippen molar-refractivity contribution in [2.45, 2.75) is 32.9 Å². The Morgan fingerprint density at radius 3 is 2.69 bits per heavy atom. The molecule has 4 nitrogen and oxygen atoms in total. The first-order chi connectivity index (χ1) is 7.53. The number of rotatable bonds is 5. The summed E-state index contributed by atoms with van der Waals surface area (Å²) in [6.45, 7) is 7.50. The lowest BCUT2D eigenvalue weighted by Crippen LogP contribution is -2.22. The Hall–Kier alpha value is -1.13. The second-order valence-electron chi connectivity index (χ2n) is 4.46. The van der Waals surface area contributed by atoms with Crippen LogP contribution < -0.4 is 10.5 Å². The van der Waals surface area contributed by atoms with Gasteiger partial charge in [-0.25, -0.2) is 0 Å². The molecule has 0 atom stereocenters. The number of aromatic nitrogens is 1. The quantitative estimate of drug-likeness (QED) is 0.774. The van der Waals surface area contributed by atoms with Gasteiger partial charge in [0.25, 0.3) is 0 Å². The molecule has 90 valence electrons. The van der Waals surface area contributed by atoms with Crippen LogP contribution in [0.1, 0.15) is 26.5 Å². The minimum Gasteiger partial charge on any atom is -0.489 e. The van der Waals surface area contributed by atoms with Crippen molar-refractivity contribution in [1.29, 1.82) is 0 Å². The van der Waals surface area contributed by atoms with E-state index < -0.39 is 0 Å². The maximum atomic E-state index is 5.56. The van der Waals surface area contributed by atoms with Crippen molar-refractivity contribution >= 4 is 0 Å². The molecule has 0 amide bonds. The first kappa shape index (κ1) is 12.9. The summed E-state index contributed by atoms with van der Waals surface area (Å²) in [4.78, 5) is 4.13. The Labute approximate surface area is 96.8 Å². The second kappa shape index (κ2) is 5.82. The Balaban J connectivity index is 2.37. The number of pyridine rings is 1. The van der Waals surface area contributed by atoms with Crippen LogP contribution in [-0.2, 0) is 11.3 Å². The van der Waals surface area contributed by atoms with Crippen molar-refractivity contribution in [3.8, 4) is 5.75 Å². The Bertz CT molecular complexity index is 321. The number of nitrogens with two attached hydrogens (primary N) is 1. The van der Waals surface area contributed by atoms with E-state index in [1.54, 1.807) is 6.20 Å². The highest BCUT2D eigenvalue weighted by molar-refractivity contribution is 5.26. The van der Waals surface area contributed by atoms with Gasteiger partial charge in [-0.3, -0.25) is 4.98 Å². The molecule has 0 saturated carbocycles. The van der Waals surface area contributed by atoms with Crippen LogP contribution in [0.3, 0.4) is 0 Å². The van der Waals surface area contributed by atoms with Gasteiger partial charge in [0.15, 0.2) is 0 Å². The molecule has 0 fully saturated rings. The third-order valence-electron chi connectivity index (χ3n) is 1.92. The minimum absolute atomic E-state index is 0.130. The zero-order valence-electron chi connectivity index (χ0n) is 10.2. The number of ether oxygens (including phenoxy) is 2. The standard InChI is InChI=1S/C12H20N2O2/c1-12(2,3)16-8-7-15-11-5-4-6-14-10(11)9-13/h4-6H,7-9,13H2,1-3H3. The maximum absolute atomic E-state index is 5.56. The van der Waals surface area contributed by atoms with Crippen LogP contribution in [-0.4, -0.2) is 23.8 Å². The molecule has 0 aliphatic rings. The highest BCUT2D eigenvalue weighted by Crippen LogP contribution is 2.14. The third kappa shape index (κ3) is 4.59. The summed E-state index contributed by atoms with van der Waals surface area (Å²) in [5.74, 6) is 0.738. The zero-order chi connectivity index (χ0) is 12.0. The molecular weight excluding hydrogens is 204 g/mol. The largest absolute Gasteiger partial charge is 0.489 e. The average Bonchev–Trinajstić information content (AvgIpc) is 2.23. The van der Waals surface area contributed by atoms with E-state index in [0.717, 1.165) is 11.4 Å². The number of hydrogen-bond donors (Lipinski definition) is 1. The Morgan fingerprint density at radius 2 is 2.06 bits per heavy atom. The van der Waals surface area contributed by atoms with Crippen molar-refractivity contribution < 1.29 is 9.47 Å². The Kier molecular flexibility index (Phi) is 4.71. The van der Waals surface area contributed by atoms with Gasteiger partial charge in [0.05, 0.1) is 17.9 Å². The molecule has 4 heteroatoms. The molecule has 0 aliphatic carbocycles. The molecule has 0 radical (unpaired) electrons. The highest BCUT2D eigenvalue weighted by Gasteiger charge is 2.09. The topological polar surface area (TPSA) is 57.4 Å². The molecule has 0 bridgehead atoms. The van der Waals surface area contributed by atoms with E-state index in [1.165, 1.54) is 0 Å². The monoisotopic (exact) mass is 224 g/mol. The molecule has 0 aromatic carbocycles. The van der Waals surface area contributed by atoms with Gasteiger partial charge < -0.3 is 15.2 Å². The van der Waals surface area contributed by atoms with Gasteiger partial charge in [0.2, 0.25) is 0 Å². The van der Waals surface area contributed by atoms with Gasteiger partial charge in [-0.05, 0) is 32.9 Å². The summed E-state index contributed by atoms with van der Waals surface area (Å²) in [5.41, 5.74) is 6.20. The molecule has 0 unspecified atom stereocenters. The lowest BCUT2D eigenvalue weighted by Gasteiger charge is -2.19. The molecular formula is C12H20N2O2. The molecule has 1 rings (SSSR count). The molecule has 0 aliphatic heterocycles. The van der Waals surface area contributed by atoms with E-state index in [0.29, 0.717) is 19.8 Å². The predicted molar refractivity (Wildman–Crippen MR) is 63.3 cm³/mol. The van der Waals surface area contributed by atoms with Crippen molar-refractivity contribution in [3.05, 3.63) is 24.0 Å². The van der Waals surface area contributed by atoms with Crippen molar-refractivity contribution in [2.24, 2.45) is 5.73 Å². The van der Waals surface area contributed by atoms with Crippen LogP contribution in [0.2, 0.25) is 0 Å². The van der Waals surface area contributed by atoms with Crippen LogP contribution in [0.5, 0.6) is 5.75 Å². The van der Waals surface area contributed by atoms with Crippen LogP contribution in [0.15, 0.2) is 18.3 Å². The van der Waals surface area contributed by atoms with Gasteiger partial charge in [0.1, 0.15) is 12.4 Å². The predicted octanol–water partition coefficient (Wildman–Crippen LogP) is 1.73. The molecule has 1 heterocycles. The zero-order valence-corrected chi connectivity index (χ0v) is 10.2. The summed E-state index contributed by atoms with van der Waals surface area (Å²) < 4.78 is 11.1. The van der Waals surface area contributed by atoms with Crippen molar-refractivity contribution in [1.82, 2.24) is 4.98 Å². The average molecular weight is 224 g/mol. The maximum Gasteiger partial charge on any atom is 0.142 e. The SMILES string of the molecule is CC(C)(C)OCCOc1cccnc1CN. The van der Waals surface area contributed by atoms with Gasteiger partial charge in [0, 0.05) is 12.7 Å². The Morgan fingerprint density at radius 1 is 1.31 bits per heavy atom. The summed E-state index contributed by atoms with van der Waals surface area (Å²) >= 11 is 0. The molecule has 0 saturated heterocycles. The van der Waals surface area contributed by atoms with E-state index >= 15 is 0 Å². The molecule has 1 aromatic rings. The highest BCUT2D eigenvalue weighted by atomic mass is 16.5. The van der Waals surface area contributed by atoms with E-state index in [4.69, 9.17) is 15.2 Å². The van der Waals surface area contributed by atoms with E-state index in [-0.39, 0.29) is 5.60 Å². The van der Waals surface area contributed by atoms with Crippen LogP contribution in [0.4, 0.5) is 0 Å². The fraction of sp³-hybridized carbons (Fsp3) is 0.583. The summed E-state index contributed by atoms with van der Waals surface area (Å²) in [6, 6.07) is 3.70. The van der Waals surface area contributed by atoms with E-state index in [1.807, 2.05) is 32.9 Å². The van der Waals surface area contributed by atoms with Gasteiger partial charge in [-0.2, -0.15) is 0 Å². The van der Waals surface area contributed by atoms with E-state index in [2.05, 4.69) is 4.98 Å². The smallest absolute Gasteiger partial charge is 0.142 e. The molecule has 0 spiro atoms. The van der Waals surface area contributed by atoms with Crippen LogP contribution in [0.25, 0.3) is 0 Å². The summed E-state index contributed by atoms with van der Waals surface area (Å²) in [5, 5.41) is 0. The third-order valence-corrected chi connectivity index (χ3v) is 1.92. The van der Waals surface area contributed by atoms with E-state index in [9.17, 15) is 0 Å². The van der Waals surface area contributed by atoms with Crippen LogP contribution >= 0.6 is 0 Å². The lowest BCUT2D eigenvalue weighted by atomic mass is 10.2. The van der Waals surface area contributed by atoms with Crippen molar-refractivity contribution in [3.63, 3.8) is 0 Å². The van der Waals surface area contributed by atoms with Gasteiger partial charge in [-0.15, -0.1) is 0 Å².